The second-order valence-electron chi connectivity index (χ2n) is 10.7. The maximum Gasteiger partial charge on any atom is 0.335 e. The third-order valence-electron chi connectivity index (χ3n) is 8.03. The van der Waals surface area contributed by atoms with Crippen LogP contribution in [0.4, 0.5) is 0 Å². The quantitative estimate of drug-likeness (QED) is 0.170. The fourth-order valence-electron chi connectivity index (χ4n) is 5.83. The number of hydrogen-bond acceptors (Lipinski definition) is 11. The molecule has 206 valence electrons. The number of aliphatic hydroxyl groups is 5. The fourth-order valence-corrected chi connectivity index (χ4v) is 5.83. The molecule has 12 atom stereocenters. The summed E-state index contributed by atoms with van der Waals surface area (Å²) < 4.78 is 22.8. The topological polar surface area (TPSA) is 172 Å². The number of carbonyl (C=O) groups is 2. The molecule has 11 heteroatoms. The smallest absolute Gasteiger partial charge is 0.335 e. The van der Waals surface area contributed by atoms with Gasteiger partial charge in [0, 0.05) is 17.9 Å². The van der Waals surface area contributed by atoms with E-state index in [1.165, 1.54) is 0 Å². The Morgan fingerprint density at radius 2 is 1.78 bits per heavy atom. The van der Waals surface area contributed by atoms with E-state index in [2.05, 4.69) is 19.7 Å². The number of rotatable bonds is 6. The van der Waals surface area contributed by atoms with Crippen LogP contribution in [0.3, 0.4) is 0 Å². The van der Waals surface area contributed by atoms with Crippen molar-refractivity contribution in [1.29, 1.82) is 0 Å². The second kappa shape index (κ2) is 10.6. The fraction of sp³-hybridized carbons (Fsp3) is 0.692. The first-order valence-electron chi connectivity index (χ1n) is 12.5. The number of aliphatic hydroxyl groups excluding tert-OH is 5. The van der Waals surface area contributed by atoms with Gasteiger partial charge in [-0.05, 0) is 23.8 Å². The number of hydrogen-bond donors (Lipinski definition) is 5. The molecular weight excluding hydrogens is 488 g/mol. The molecule has 0 aromatic heterocycles. The van der Waals surface area contributed by atoms with Crippen molar-refractivity contribution in [2.45, 2.75) is 81.8 Å². The highest BCUT2D eigenvalue weighted by Gasteiger charge is 2.58. The van der Waals surface area contributed by atoms with E-state index >= 15 is 0 Å². The third kappa shape index (κ3) is 4.89. The minimum atomic E-state index is -1.59. The van der Waals surface area contributed by atoms with E-state index < -0.39 is 85.5 Å². The van der Waals surface area contributed by atoms with Crippen LogP contribution in [0.2, 0.25) is 0 Å². The molecule has 2 saturated heterocycles. The lowest BCUT2D eigenvalue weighted by Gasteiger charge is -2.40. The number of ether oxygens (including phenoxy) is 4. The summed E-state index contributed by atoms with van der Waals surface area (Å²) in [6.45, 7) is 15.0. The van der Waals surface area contributed by atoms with E-state index in [0.29, 0.717) is 17.6 Å². The normalized spacial score (nSPS) is 42.8. The van der Waals surface area contributed by atoms with Gasteiger partial charge in [-0.25, -0.2) is 9.59 Å². The molecule has 0 aromatic carbocycles. The second-order valence-corrected chi connectivity index (χ2v) is 10.7. The zero-order valence-corrected chi connectivity index (χ0v) is 20.9. The Hall–Kier alpha value is -2.12. The molecule has 1 unspecified atom stereocenters. The molecule has 2 aliphatic carbocycles. The van der Waals surface area contributed by atoms with Crippen molar-refractivity contribution in [2.24, 2.45) is 23.7 Å². The van der Waals surface area contributed by atoms with Crippen LogP contribution in [0.25, 0.3) is 0 Å². The summed E-state index contributed by atoms with van der Waals surface area (Å²) in [7, 11) is 0. The van der Waals surface area contributed by atoms with Crippen molar-refractivity contribution < 1.29 is 54.1 Å². The van der Waals surface area contributed by atoms with E-state index in [1.54, 1.807) is 13.8 Å². The van der Waals surface area contributed by atoms with Crippen LogP contribution in [0.5, 0.6) is 0 Å². The van der Waals surface area contributed by atoms with Crippen molar-refractivity contribution in [2.75, 3.05) is 6.61 Å². The molecule has 4 fully saturated rings. The van der Waals surface area contributed by atoms with Crippen molar-refractivity contribution in [3.8, 4) is 0 Å². The first-order valence-corrected chi connectivity index (χ1v) is 12.5. The highest BCUT2D eigenvalue weighted by atomic mass is 16.7. The molecule has 2 aliphatic heterocycles. The van der Waals surface area contributed by atoms with Gasteiger partial charge in [-0.2, -0.15) is 0 Å². The molecule has 0 amide bonds. The molecule has 37 heavy (non-hydrogen) atoms. The Morgan fingerprint density at radius 1 is 1.11 bits per heavy atom. The Labute approximate surface area is 215 Å². The lowest BCUT2D eigenvalue weighted by atomic mass is 9.81. The summed E-state index contributed by atoms with van der Waals surface area (Å²) in [6.07, 6.45) is -10.2. The molecule has 4 rings (SSSR count). The lowest BCUT2D eigenvalue weighted by molar-refractivity contribution is -0.308. The van der Waals surface area contributed by atoms with Gasteiger partial charge in [0.05, 0.1) is 18.6 Å². The Balaban J connectivity index is 1.56. The summed E-state index contributed by atoms with van der Waals surface area (Å²) in [6, 6.07) is 0. The van der Waals surface area contributed by atoms with E-state index in [4.69, 9.17) is 18.9 Å². The molecule has 2 saturated carbocycles. The predicted octanol–water partition coefficient (Wildman–Crippen LogP) is -0.650. The minimum Gasteiger partial charge on any atom is -0.459 e. The van der Waals surface area contributed by atoms with E-state index in [1.807, 2.05) is 0 Å². The lowest BCUT2D eigenvalue weighted by Crippen LogP contribution is -2.59. The van der Waals surface area contributed by atoms with Crippen LogP contribution in [0.1, 0.15) is 26.7 Å². The molecule has 4 aliphatic rings. The Morgan fingerprint density at radius 3 is 2.41 bits per heavy atom. The first-order chi connectivity index (χ1) is 17.4. The van der Waals surface area contributed by atoms with Gasteiger partial charge in [-0.1, -0.05) is 39.2 Å². The summed E-state index contributed by atoms with van der Waals surface area (Å²) in [4.78, 5) is 25.1. The van der Waals surface area contributed by atoms with Gasteiger partial charge in [0.25, 0.3) is 0 Å². The van der Waals surface area contributed by atoms with Crippen molar-refractivity contribution in [1.82, 2.24) is 0 Å². The van der Waals surface area contributed by atoms with Gasteiger partial charge in [-0.15, -0.1) is 0 Å². The van der Waals surface area contributed by atoms with E-state index in [-0.39, 0.29) is 23.8 Å². The number of esters is 2. The zero-order valence-electron chi connectivity index (χ0n) is 20.9. The first kappa shape index (κ1) is 27.9. The maximum absolute atomic E-state index is 12.6. The highest BCUT2D eigenvalue weighted by Crippen LogP contribution is 2.53. The van der Waals surface area contributed by atoms with Gasteiger partial charge in [0.1, 0.15) is 36.6 Å². The molecular formula is C26H36O11. The van der Waals surface area contributed by atoms with Crippen molar-refractivity contribution in [3.63, 3.8) is 0 Å². The zero-order chi connectivity index (χ0) is 27.3. The van der Waals surface area contributed by atoms with Gasteiger partial charge >= 0.3 is 11.9 Å². The Kier molecular flexibility index (Phi) is 7.97. The van der Waals surface area contributed by atoms with Crippen LogP contribution in [0, 0.1) is 23.7 Å². The average molecular weight is 525 g/mol. The van der Waals surface area contributed by atoms with Crippen LogP contribution >= 0.6 is 0 Å². The molecule has 11 nitrogen and oxygen atoms in total. The summed E-state index contributed by atoms with van der Waals surface area (Å²) in [5.41, 5.74) is 1.40. The molecule has 0 aromatic rings. The molecule has 0 bridgehead atoms. The summed E-state index contributed by atoms with van der Waals surface area (Å²) in [5.74, 6) is -3.21. The predicted molar refractivity (Wildman–Crippen MR) is 126 cm³/mol. The highest BCUT2D eigenvalue weighted by molar-refractivity contribution is 5.91. The standard InChI is InChI=1S/C26H36O11/c1-9(2)19(28)25(33)34-15-6-10(3)13-7-14(11(4)17(13)23-18(15)12(5)24(32)37-23)35-26-22(31)21(30)20(29)16(8-27)36-26/h9,13-23,26-31H,3-8H2,1-2H3/t13-,14-,15+,16+,17-,18+,19?,20+,21-,22+,23+,26+/m0/s1. The van der Waals surface area contributed by atoms with Crippen LogP contribution < -0.4 is 0 Å². The van der Waals surface area contributed by atoms with Crippen LogP contribution in [-0.4, -0.2) is 99.2 Å². The van der Waals surface area contributed by atoms with Gasteiger partial charge in [0.2, 0.25) is 0 Å². The summed E-state index contributed by atoms with van der Waals surface area (Å²) >= 11 is 0. The van der Waals surface area contributed by atoms with Gasteiger partial charge in [-0.3, -0.25) is 0 Å². The SMILES string of the molecule is C=C1C(=O)O[C@@H]2[C@H]3C(=C)[C@@H](O[C@@H]4O[C@H](CO)[C@@H](O)[C@H](O)[C@H]4O)C[C@H]3C(=C)C[C@@H](OC(=O)C(O)C(C)C)[C@@H]12. The monoisotopic (exact) mass is 524 g/mol. The molecule has 0 radical (unpaired) electrons. The minimum absolute atomic E-state index is 0.154. The number of fused-ring (bicyclic) bond motifs is 3. The largest absolute Gasteiger partial charge is 0.459 e. The van der Waals surface area contributed by atoms with Gasteiger partial charge < -0.3 is 44.5 Å². The van der Waals surface area contributed by atoms with Crippen LogP contribution in [-0.2, 0) is 28.5 Å². The Bertz CT molecular complexity index is 958. The molecule has 5 N–H and O–H groups in total. The molecule has 2 heterocycles. The van der Waals surface area contributed by atoms with Gasteiger partial charge in [0.15, 0.2) is 12.4 Å². The maximum atomic E-state index is 12.6. The average Bonchev–Trinajstić information content (AvgIpc) is 3.29. The van der Waals surface area contributed by atoms with E-state index in [0.717, 1.165) is 0 Å². The van der Waals surface area contributed by atoms with Crippen molar-refractivity contribution in [3.05, 3.63) is 36.5 Å². The van der Waals surface area contributed by atoms with Crippen molar-refractivity contribution >= 4 is 11.9 Å². The molecule has 0 spiro atoms. The number of carbonyl (C=O) groups excluding carboxylic acids is 2. The van der Waals surface area contributed by atoms with E-state index in [9.17, 15) is 35.1 Å². The van der Waals surface area contributed by atoms with Crippen LogP contribution in [0.15, 0.2) is 36.5 Å². The third-order valence-corrected chi connectivity index (χ3v) is 8.03. The summed E-state index contributed by atoms with van der Waals surface area (Å²) in [5, 5.41) is 50.2.